The highest BCUT2D eigenvalue weighted by Crippen LogP contribution is 1.96. The highest BCUT2D eigenvalue weighted by Gasteiger charge is 1.88. The molecule has 4 heteroatoms. The van der Waals surface area contributed by atoms with Gasteiger partial charge in [-0.15, -0.1) is 0 Å². The Morgan fingerprint density at radius 3 is 3.00 bits per heavy atom. The summed E-state index contributed by atoms with van der Waals surface area (Å²) >= 11 is 0. The number of rotatable bonds is 4. The molecule has 0 radical (unpaired) electrons. The molecule has 0 unspecified atom stereocenters. The summed E-state index contributed by atoms with van der Waals surface area (Å²) in [7, 11) is 1.67. The number of pyridine rings is 1. The zero-order valence-electron chi connectivity index (χ0n) is 6.90. The van der Waals surface area contributed by atoms with Gasteiger partial charge in [0.05, 0.1) is 6.61 Å². The Bertz CT molecular complexity index is 235. The van der Waals surface area contributed by atoms with Crippen molar-refractivity contribution < 1.29 is 4.84 Å². The van der Waals surface area contributed by atoms with Crippen LogP contribution in [0.25, 0.3) is 0 Å². The van der Waals surface area contributed by atoms with Gasteiger partial charge in [-0.05, 0) is 17.7 Å². The van der Waals surface area contributed by atoms with E-state index in [-0.39, 0.29) is 0 Å². The average Bonchev–Trinajstić information content (AvgIpc) is 2.14. The Balaban J connectivity index is 2.24. The minimum atomic E-state index is 0.508. The molecule has 0 spiro atoms. The zero-order valence-corrected chi connectivity index (χ0v) is 6.90. The van der Waals surface area contributed by atoms with E-state index in [1.54, 1.807) is 19.4 Å². The molecule has 1 heterocycles. The summed E-state index contributed by atoms with van der Waals surface area (Å²) in [6, 6.07) is 3.79. The Hall–Kier alpha value is -1.42. The van der Waals surface area contributed by atoms with Crippen LogP contribution in [-0.2, 0) is 11.4 Å². The second-order valence-corrected chi connectivity index (χ2v) is 2.15. The van der Waals surface area contributed by atoms with E-state index in [0.29, 0.717) is 6.61 Å². The third-order valence-electron chi connectivity index (χ3n) is 1.25. The van der Waals surface area contributed by atoms with Crippen LogP contribution in [0.5, 0.6) is 0 Å². The van der Waals surface area contributed by atoms with Crippen molar-refractivity contribution in [2.75, 3.05) is 7.05 Å². The lowest BCUT2D eigenvalue weighted by atomic mass is 10.3. The van der Waals surface area contributed by atoms with Crippen molar-refractivity contribution in [2.24, 2.45) is 4.99 Å². The molecule has 0 atom stereocenters. The second kappa shape index (κ2) is 5.26. The summed E-state index contributed by atoms with van der Waals surface area (Å²) in [5.74, 6) is 0. The average molecular weight is 165 g/mol. The number of hydrogen-bond acceptors (Lipinski definition) is 3. The molecule has 0 aliphatic carbocycles. The fourth-order valence-electron chi connectivity index (χ4n) is 0.694. The molecule has 1 aromatic heterocycles. The van der Waals surface area contributed by atoms with Crippen LogP contribution in [0.4, 0.5) is 0 Å². The number of aromatic nitrogens is 1. The van der Waals surface area contributed by atoms with E-state index in [0.717, 1.165) is 5.56 Å². The molecule has 0 aliphatic rings. The summed E-state index contributed by atoms with van der Waals surface area (Å²) < 4.78 is 0. The number of hydrogen-bond donors (Lipinski definition) is 1. The first-order valence-corrected chi connectivity index (χ1v) is 3.60. The molecule has 0 amide bonds. The van der Waals surface area contributed by atoms with Gasteiger partial charge in [-0.3, -0.25) is 20.3 Å². The van der Waals surface area contributed by atoms with E-state index in [4.69, 9.17) is 4.84 Å². The number of nitrogens with one attached hydrogen (secondary N) is 1. The van der Waals surface area contributed by atoms with Crippen LogP contribution < -0.4 is 5.48 Å². The van der Waals surface area contributed by atoms with Crippen LogP contribution in [-0.4, -0.2) is 18.4 Å². The SMILES string of the molecule is C/N=C\NOCc1ccncc1. The van der Waals surface area contributed by atoms with E-state index in [1.165, 1.54) is 6.34 Å². The quantitative estimate of drug-likeness (QED) is 0.310. The first kappa shape index (κ1) is 8.67. The van der Waals surface area contributed by atoms with Crippen LogP contribution in [0.3, 0.4) is 0 Å². The number of nitrogens with zero attached hydrogens (tertiary/aromatic N) is 2. The monoisotopic (exact) mass is 165 g/mol. The maximum absolute atomic E-state index is 5.03. The molecule has 1 rings (SSSR count). The van der Waals surface area contributed by atoms with Crippen molar-refractivity contribution >= 4 is 6.34 Å². The maximum atomic E-state index is 5.03. The van der Waals surface area contributed by atoms with E-state index >= 15 is 0 Å². The lowest BCUT2D eigenvalue weighted by Crippen LogP contribution is -2.11. The predicted octanol–water partition coefficient (Wildman–Crippen LogP) is 0.761. The molecule has 4 nitrogen and oxygen atoms in total. The fourth-order valence-corrected chi connectivity index (χ4v) is 0.694. The van der Waals surface area contributed by atoms with Crippen molar-refractivity contribution in [3.63, 3.8) is 0 Å². The number of hydroxylamine groups is 1. The molecular weight excluding hydrogens is 154 g/mol. The Morgan fingerprint density at radius 2 is 2.33 bits per heavy atom. The first-order valence-electron chi connectivity index (χ1n) is 3.60. The second-order valence-electron chi connectivity index (χ2n) is 2.15. The molecule has 0 saturated heterocycles. The summed E-state index contributed by atoms with van der Waals surface area (Å²) in [4.78, 5) is 12.6. The minimum Gasteiger partial charge on any atom is -0.277 e. The smallest absolute Gasteiger partial charge is 0.106 e. The predicted molar refractivity (Wildman–Crippen MR) is 46.6 cm³/mol. The zero-order chi connectivity index (χ0) is 8.65. The third kappa shape index (κ3) is 3.12. The van der Waals surface area contributed by atoms with Crippen molar-refractivity contribution in [1.29, 1.82) is 0 Å². The van der Waals surface area contributed by atoms with Gasteiger partial charge >= 0.3 is 0 Å². The molecular formula is C8H11N3O. The van der Waals surface area contributed by atoms with E-state index in [9.17, 15) is 0 Å². The fraction of sp³-hybridized carbons (Fsp3) is 0.250. The molecule has 0 saturated carbocycles. The standard InChI is InChI=1S/C8H11N3O/c1-9-7-11-12-6-8-2-4-10-5-3-8/h2-5,7H,6H2,1H3,(H,9,11). The van der Waals surface area contributed by atoms with Gasteiger partial charge in [-0.2, -0.15) is 0 Å². The van der Waals surface area contributed by atoms with Crippen LogP contribution in [0.2, 0.25) is 0 Å². The van der Waals surface area contributed by atoms with E-state index < -0.39 is 0 Å². The van der Waals surface area contributed by atoms with Gasteiger partial charge in [0.15, 0.2) is 0 Å². The van der Waals surface area contributed by atoms with Crippen LogP contribution in [0.15, 0.2) is 29.5 Å². The van der Waals surface area contributed by atoms with E-state index in [2.05, 4.69) is 15.5 Å². The van der Waals surface area contributed by atoms with Gasteiger partial charge in [0.1, 0.15) is 6.34 Å². The van der Waals surface area contributed by atoms with Crippen molar-refractivity contribution in [2.45, 2.75) is 6.61 Å². The molecule has 1 N–H and O–H groups in total. The lowest BCUT2D eigenvalue weighted by molar-refractivity contribution is 0.0744. The molecule has 0 aliphatic heterocycles. The summed E-state index contributed by atoms with van der Waals surface area (Å²) in [6.45, 7) is 0.508. The molecule has 1 aromatic rings. The van der Waals surface area contributed by atoms with Crippen LogP contribution >= 0.6 is 0 Å². The lowest BCUT2D eigenvalue weighted by Gasteiger charge is -2.00. The summed E-state index contributed by atoms with van der Waals surface area (Å²) in [5.41, 5.74) is 3.64. The van der Waals surface area contributed by atoms with Crippen LogP contribution in [0, 0.1) is 0 Å². The van der Waals surface area contributed by atoms with Gasteiger partial charge in [0.2, 0.25) is 0 Å². The van der Waals surface area contributed by atoms with Gasteiger partial charge in [-0.1, -0.05) is 0 Å². The molecule has 64 valence electrons. The van der Waals surface area contributed by atoms with Gasteiger partial charge < -0.3 is 0 Å². The van der Waals surface area contributed by atoms with Gasteiger partial charge in [-0.25, -0.2) is 0 Å². The van der Waals surface area contributed by atoms with Crippen LogP contribution in [0.1, 0.15) is 5.56 Å². The highest BCUT2D eigenvalue weighted by atomic mass is 16.6. The number of aliphatic imine (C=N–C) groups is 1. The largest absolute Gasteiger partial charge is 0.277 e. The van der Waals surface area contributed by atoms with E-state index in [1.807, 2.05) is 12.1 Å². The third-order valence-corrected chi connectivity index (χ3v) is 1.25. The Labute approximate surface area is 71.3 Å². The highest BCUT2D eigenvalue weighted by molar-refractivity contribution is 5.52. The molecule has 0 aromatic carbocycles. The molecule has 0 fully saturated rings. The normalized spacial score (nSPS) is 10.4. The summed E-state index contributed by atoms with van der Waals surface area (Å²) in [5, 5.41) is 0. The first-order chi connectivity index (χ1) is 5.93. The van der Waals surface area contributed by atoms with Gasteiger partial charge in [0, 0.05) is 19.4 Å². The van der Waals surface area contributed by atoms with Crippen molar-refractivity contribution in [3.05, 3.63) is 30.1 Å². The van der Waals surface area contributed by atoms with Crippen molar-refractivity contribution in [1.82, 2.24) is 10.5 Å². The summed E-state index contributed by atoms with van der Waals surface area (Å²) in [6.07, 6.45) is 4.94. The minimum absolute atomic E-state index is 0.508. The molecule has 0 bridgehead atoms. The molecule has 12 heavy (non-hydrogen) atoms. The topological polar surface area (TPSA) is 46.5 Å². The van der Waals surface area contributed by atoms with Crippen molar-refractivity contribution in [3.8, 4) is 0 Å². The Kier molecular flexibility index (Phi) is 3.80. The maximum Gasteiger partial charge on any atom is 0.106 e. The Morgan fingerprint density at radius 1 is 1.58 bits per heavy atom. The van der Waals surface area contributed by atoms with Gasteiger partial charge in [0.25, 0.3) is 0 Å².